The van der Waals surface area contributed by atoms with Gasteiger partial charge >= 0.3 is 0 Å². The first kappa shape index (κ1) is 12.9. The monoisotopic (exact) mass is 328 g/mol. The van der Waals surface area contributed by atoms with E-state index in [4.69, 9.17) is 0 Å². The summed E-state index contributed by atoms with van der Waals surface area (Å²) >= 11 is 3.46. The van der Waals surface area contributed by atoms with Gasteiger partial charge in [0.25, 0.3) is 0 Å². The summed E-state index contributed by atoms with van der Waals surface area (Å²) in [5, 5.41) is 7.67. The van der Waals surface area contributed by atoms with Crippen LogP contribution in [0.15, 0.2) is 65.7 Å². The second-order valence-corrected chi connectivity index (χ2v) is 5.25. The molecule has 3 aromatic rings. The van der Waals surface area contributed by atoms with E-state index in [1.807, 2.05) is 41.3 Å². The summed E-state index contributed by atoms with van der Waals surface area (Å²) in [4.78, 5) is 4.04. The second-order valence-electron chi connectivity index (χ2n) is 4.39. The van der Waals surface area contributed by atoms with Gasteiger partial charge in [-0.3, -0.25) is 9.67 Å². The summed E-state index contributed by atoms with van der Waals surface area (Å²) in [6, 6.07) is 12.2. The Morgan fingerprint density at radius 2 is 1.95 bits per heavy atom. The van der Waals surface area contributed by atoms with Crippen LogP contribution in [0.25, 0.3) is 0 Å². The van der Waals surface area contributed by atoms with Gasteiger partial charge in [0.1, 0.15) is 0 Å². The van der Waals surface area contributed by atoms with Crippen LogP contribution in [-0.4, -0.2) is 14.8 Å². The van der Waals surface area contributed by atoms with Crippen LogP contribution in [0.3, 0.4) is 0 Å². The molecule has 0 aliphatic carbocycles. The van der Waals surface area contributed by atoms with Crippen LogP contribution in [-0.2, 0) is 6.54 Å². The Morgan fingerprint density at radius 3 is 2.75 bits per heavy atom. The Kier molecular flexibility index (Phi) is 3.78. The molecule has 5 heteroatoms. The highest BCUT2D eigenvalue weighted by Crippen LogP contribution is 2.24. The van der Waals surface area contributed by atoms with Crippen molar-refractivity contribution in [2.24, 2.45) is 0 Å². The van der Waals surface area contributed by atoms with E-state index in [0.29, 0.717) is 0 Å². The van der Waals surface area contributed by atoms with E-state index in [-0.39, 0.29) is 0 Å². The fraction of sp³-hybridized carbons (Fsp3) is 0.0667. The van der Waals surface area contributed by atoms with Crippen molar-refractivity contribution in [2.75, 3.05) is 5.32 Å². The number of nitrogens with zero attached hydrogens (tertiary/aromatic N) is 3. The molecular weight excluding hydrogens is 316 g/mol. The third-order valence-corrected chi connectivity index (χ3v) is 3.50. The van der Waals surface area contributed by atoms with E-state index in [1.165, 1.54) is 5.56 Å². The van der Waals surface area contributed by atoms with Crippen molar-refractivity contribution >= 4 is 27.3 Å². The molecule has 3 rings (SSSR count). The van der Waals surface area contributed by atoms with Crippen molar-refractivity contribution in [3.8, 4) is 0 Å². The molecule has 0 aliphatic heterocycles. The molecule has 1 aromatic carbocycles. The van der Waals surface area contributed by atoms with Crippen LogP contribution < -0.4 is 5.32 Å². The van der Waals surface area contributed by atoms with Gasteiger partial charge in [-0.05, 0) is 27.6 Å². The maximum atomic E-state index is 4.36. The Hall–Kier alpha value is -2.14. The van der Waals surface area contributed by atoms with Gasteiger partial charge in [-0.25, -0.2) is 0 Å². The Balaban J connectivity index is 1.73. The van der Waals surface area contributed by atoms with Crippen LogP contribution in [0.5, 0.6) is 0 Å². The molecule has 0 amide bonds. The molecule has 0 atom stereocenters. The molecule has 0 unspecified atom stereocenters. The zero-order valence-corrected chi connectivity index (χ0v) is 12.3. The Morgan fingerprint density at radius 1 is 1.10 bits per heavy atom. The van der Waals surface area contributed by atoms with Crippen LogP contribution >= 0.6 is 15.9 Å². The quantitative estimate of drug-likeness (QED) is 0.791. The van der Waals surface area contributed by atoms with Gasteiger partial charge in [0.15, 0.2) is 0 Å². The van der Waals surface area contributed by atoms with Crippen molar-refractivity contribution < 1.29 is 0 Å². The minimum atomic E-state index is 0.764. The molecule has 2 aromatic heterocycles. The molecule has 0 spiro atoms. The number of anilines is 2. The highest BCUT2D eigenvalue weighted by molar-refractivity contribution is 9.10. The van der Waals surface area contributed by atoms with E-state index in [9.17, 15) is 0 Å². The predicted octanol–water partition coefficient (Wildman–Crippen LogP) is 3.83. The van der Waals surface area contributed by atoms with Crippen molar-refractivity contribution in [2.45, 2.75) is 6.54 Å². The van der Waals surface area contributed by atoms with Crippen molar-refractivity contribution in [1.29, 1.82) is 0 Å². The standard InChI is InChI=1S/C15H13BrN4/c16-14-9-17-7-6-15(14)19-13-8-18-20(11-13)10-12-4-2-1-3-5-12/h1-9,11H,10H2,(H,17,19). The summed E-state index contributed by atoms with van der Waals surface area (Å²) in [6.45, 7) is 0.764. The van der Waals surface area contributed by atoms with Crippen molar-refractivity contribution in [1.82, 2.24) is 14.8 Å². The lowest BCUT2D eigenvalue weighted by molar-refractivity contribution is 0.687. The van der Waals surface area contributed by atoms with Gasteiger partial charge in [-0.15, -0.1) is 0 Å². The highest BCUT2D eigenvalue weighted by atomic mass is 79.9. The molecule has 0 saturated heterocycles. The van der Waals surface area contributed by atoms with Crippen LogP contribution in [0, 0.1) is 0 Å². The minimum Gasteiger partial charge on any atom is -0.352 e. The predicted molar refractivity (Wildman–Crippen MR) is 83.0 cm³/mol. The lowest BCUT2D eigenvalue weighted by Crippen LogP contribution is -1.99. The summed E-state index contributed by atoms with van der Waals surface area (Å²) in [6.07, 6.45) is 7.31. The molecule has 0 aliphatic rings. The number of rotatable bonds is 4. The number of halogens is 1. The number of nitrogens with one attached hydrogen (secondary N) is 1. The summed E-state index contributed by atoms with van der Waals surface area (Å²) in [5.74, 6) is 0. The molecule has 0 bridgehead atoms. The third-order valence-electron chi connectivity index (χ3n) is 2.87. The maximum Gasteiger partial charge on any atom is 0.0770 e. The maximum absolute atomic E-state index is 4.36. The molecule has 0 radical (unpaired) electrons. The van der Waals surface area contributed by atoms with Gasteiger partial charge in [0.05, 0.1) is 28.6 Å². The molecule has 0 saturated carbocycles. The van der Waals surface area contributed by atoms with E-state index >= 15 is 0 Å². The van der Waals surface area contributed by atoms with Crippen LogP contribution in [0.4, 0.5) is 11.4 Å². The summed E-state index contributed by atoms with van der Waals surface area (Å²) in [7, 11) is 0. The lowest BCUT2D eigenvalue weighted by atomic mass is 10.2. The third kappa shape index (κ3) is 3.05. The molecular formula is C15H13BrN4. The molecule has 2 heterocycles. The van der Waals surface area contributed by atoms with Gasteiger partial charge in [-0.2, -0.15) is 5.10 Å². The molecule has 1 N–H and O–H groups in total. The normalized spacial score (nSPS) is 10.4. The fourth-order valence-corrected chi connectivity index (χ4v) is 2.27. The number of benzene rings is 1. The van der Waals surface area contributed by atoms with Gasteiger partial charge in [0.2, 0.25) is 0 Å². The molecule has 100 valence electrons. The first-order chi connectivity index (χ1) is 9.81. The van der Waals surface area contributed by atoms with Gasteiger partial charge < -0.3 is 5.32 Å². The SMILES string of the molecule is Brc1cnccc1Nc1cnn(Cc2ccccc2)c1. The van der Waals surface area contributed by atoms with Crippen molar-refractivity contribution in [3.05, 3.63) is 71.2 Å². The van der Waals surface area contributed by atoms with E-state index in [1.54, 1.807) is 12.4 Å². The summed E-state index contributed by atoms with van der Waals surface area (Å²) in [5.41, 5.74) is 3.15. The zero-order valence-electron chi connectivity index (χ0n) is 10.7. The van der Waals surface area contributed by atoms with E-state index in [2.05, 4.69) is 43.5 Å². The average Bonchev–Trinajstić information content (AvgIpc) is 2.90. The molecule has 0 fully saturated rings. The van der Waals surface area contributed by atoms with Crippen molar-refractivity contribution in [3.63, 3.8) is 0 Å². The lowest BCUT2D eigenvalue weighted by Gasteiger charge is -2.05. The van der Waals surface area contributed by atoms with Gasteiger partial charge in [-0.1, -0.05) is 30.3 Å². The first-order valence-electron chi connectivity index (χ1n) is 6.24. The topological polar surface area (TPSA) is 42.7 Å². The molecule has 20 heavy (non-hydrogen) atoms. The second kappa shape index (κ2) is 5.88. The Bertz CT molecular complexity index is 694. The first-order valence-corrected chi connectivity index (χ1v) is 7.03. The Labute approximate surface area is 125 Å². The number of aromatic nitrogens is 3. The zero-order chi connectivity index (χ0) is 13.8. The minimum absolute atomic E-state index is 0.764. The van der Waals surface area contributed by atoms with E-state index < -0.39 is 0 Å². The fourth-order valence-electron chi connectivity index (χ4n) is 1.92. The van der Waals surface area contributed by atoms with E-state index in [0.717, 1.165) is 22.4 Å². The number of hydrogen-bond acceptors (Lipinski definition) is 3. The highest BCUT2D eigenvalue weighted by Gasteiger charge is 2.03. The van der Waals surface area contributed by atoms with Crippen LogP contribution in [0.2, 0.25) is 0 Å². The smallest absolute Gasteiger partial charge is 0.0770 e. The summed E-state index contributed by atoms with van der Waals surface area (Å²) < 4.78 is 2.84. The number of pyridine rings is 1. The van der Waals surface area contributed by atoms with Crippen LogP contribution in [0.1, 0.15) is 5.56 Å². The average molecular weight is 329 g/mol. The number of hydrogen-bond donors (Lipinski definition) is 1. The molecule has 4 nitrogen and oxygen atoms in total. The largest absolute Gasteiger partial charge is 0.352 e. The van der Waals surface area contributed by atoms with Gasteiger partial charge in [0, 0.05) is 18.6 Å².